The Bertz CT molecular complexity index is 1690. The van der Waals surface area contributed by atoms with E-state index in [2.05, 4.69) is 16.0 Å². The van der Waals surface area contributed by atoms with E-state index in [0.717, 1.165) is 4.90 Å². The van der Waals surface area contributed by atoms with E-state index in [9.17, 15) is 24.3 Å². The van der Waals surface area contributed by atoms with Crippen LogP contribution in [0.15, 0.2) is 108 Å². The Hall–Kier alpha value is -5.06. The smallest absolute Gasteiger partial charge is 0.337 e. The van der Waals surface area contributed by atoms with E-state index in [1.807, 2.05) is 0 Å². The zero-order valence-electron chi connectivity index (χ0n) is 23.7. The summed E-state index contributed by atoms with van der Waals surface area (Å²) in [4.78, 5) is 51.0. The molecule has 0 aliphatic heterocycles. The molecule has 0 saturated carbocycles. The molecule has 4 aromatic carbocycles. The van der Waals surface area contributed by atoms with Crippen LogP contribution >= 0.6 is 23.4 Å². The van der Waals surface area contributed by atoms with Crippen molar-refractivity contribution in [3.63, 3.8) is 0 Å². The predicted molar refractivity (Wildman–Crippen MR) is 172 cm³/mol. The molecule has 1 atom stereocenters. The summed E-state index contributed by atoms with van der Waals surface area (Å²) < 4.78 is 5.19. The van der Waals surface area contributed by atoms with Gasteiger partial charge >= 0.3 is 5.97 Å². The molecule has 0 saturated heterocycles. The Morgan fingerprint density at radius 2 is 1.52 bits per heavy atom. The van der Waals surface area contributed by atoms with E-state index >= 15 is 0 Å². The van der Waals surface area contributed by atoms with Gasteiger partial charge in [-0.05, 0) is 85.3 Å². The van der Waals surface area contributed by atoms with Crippen LogP contribution in [-0.4, -0.2) is 41.2 Å². The molecule has 0 aliphatic rings. The minimum atomic E-state index is -1.19. The van der Waals surface area contributed by atoms with Crippen molar-refractivity contribution in [1.29, 1.82) is 0 Å². The Balaban J connectivity index is 1.43. The van der Waals surface area contributed by atoms with Gasteiger partial charge < -0.3 is 25.8 Å². The number of rotatable bonds is 11. The Morgan fingerprint density at radius 1 is 0.864 bits per heavy atom. The lowest BCUT2D eigenvalue weighted by atomic mass is 10.1. The number of thioether (sulfide) groups is 1. The average Bonchev–Trinajstić information content (AvgIpc) is 3.03. The maximum absolute atomic E-state index is 13.3. The maximum atomic E-state index is 13.3. The lowest BCUT2D eigenvalue weighted by molar-refractivity contribution is -0.115. The van der Waals surface area contributed by atoms with Crippen molar-refractivity contribution >= 4 is 64.5 Å². The van der Waals surface area contributed by atoms with Crippen molar-refractivity contribution < 1.29 is 29.0 Å². The maximum Gasteiger partial charge on any atom is 0.337 e. The van der Waals surface area contributed by atoms with Crippen molar-refractivity contribution in [2.24, 2.45) is 0 Å². The van der Waals surface area contributed by atoms with Crippen LogP contribution in [0.2, 0.25) is 5.02 Å². The van der Waals surface area contributed by atoms with Crippen molar-refractivity contribution in [3.05, 3.63) is 124 Å². The highest BCUT2D eigenvalue weighted by molar-refractivity contribution is 8.00. The zero-order valence-corrected chi connectivity index (χ0v) is 25.2. The second-order valence-corrected chi connectivity index (χ2v) is 11.2. The molecule has 0 bridgehead atoms. The number of nitrogens with one attached hydrogen (secondary N) is 3. The van der Waals surface area contributed by atoms with Crippen LogP contribution in [0.4, 0.5) is 11.4 Å². The van der Waals surface area contributed by atoms with Crippen LogP contribution in [0.25, 0.3) is 6.08 Å². The highest BCUT2D eigenvalue weighted by Gasteiger charge is 2.18. The number of anilines is 2. The van der Waals surface area contributed by atoms with Gasteiger partial charge in [0.25, 0.3) is 11.8 Å². The minimum Gasteiger partial charge on any atom is -0.497 e. The molecule has 0 aromatic heterocycles. The Morgan fingerprint density at radius 3 is 2.16 bits per heavy atom. The lowest BCUT2D eigenvalue weighted by Crippen LogP contribution is -2.30. The molecule has 0 heterocycles. The molecule has 11 heteroatoms. The molecule has 4 aromatic rings. The summed E-state index contributed by atoms with van der Waals surface area (Å²) in [6.07, 6.45) is 1.57. The summed E-state index contributed by atoms with van der Waals surface area (Å²) in [5.41, 5.74) is 1.82. The molecule has 3 amide bonds. The SMILES string of the molecule is COc1ccc(/C=C(\NC(=O)c2ccccc2)C(=O)Nc2ccc(SC(C)C(=O)Nc3ccc(Cl)c(C(=O)O)c3)cc2)cc1. The molecule has 0 spiro atoms. The number of hydrogen-bond donors (Lipinski definition) is 4. The van der Waals surface area contributed by atoms with E-state index in [4.69, 9.17) is 16.3 Å². The first-order valence-electron chi connectivity index (χ1n) is 13.3. The van der Waals surface area contributed by atoms with Crippen LogP contribution in [0.5, 0.6) is 5.75 Å². The van der Waals surface area contributed by atoms with E-state index in [0.29, 0.717) is 28.3 Å². The number of benzene rings is 4. The number of methoxy groups -OCH3 is 1. The molecule has 4 rings (SSSR count). The first-order chi connectivity index (χ1) is 21.1. The van der Waals surface area contributed by atoms with Crippen molar-refractivity contribution in [3.8, 4) is 5.75 Å². The predicted octanol–water partition coefficient (Wildman–Crippen LogP) is 6.58. The number of hydrogen-bond acceptors (Lipinski definition) is 6. The van der Waals surface area contributed by atoms with Crippen LogP contribution in [0.3, 0.4) is 0 Å². The fraction of sp³-hybridized carbons (Fsp3) is 0.0909. The molecule has 0 radical (unpaired) electrons. The van der Waals surface area contributed by atoms with Crippen LogP contribution in [-0.2, 0) is 9.59 Å². The molecular formula is C33H28ClN3O6S. The van der Waals surface area contributed by atoms with Crippen LogP contribution in [0, 0.1) is 0 Å². The van der Waals surface area contributed by atoms with E-state index in [1.54, 1.807) is 99.0 Å². The fourth-order valence-corrected chi connectivity index (χ4v) is 4.96. The Kier molecular flexibility index (Phi) is 10.8. The molecule has 44 heavy (non-hydrogen) atoms. The normalized spacial score (nSPS) is 11.7. The zero-order chi connectivity index (χ0) is 31.6. The fourth-order valence-electron chi connectivity index (χ4n) is 3.89. The summed E-state index contributed by atoms with van der Waals surface area (Å²) in [5, 5.41) is 17.0. The molecule has 224 valence electrons. The second-order valence-electron chi connectivity index (χ2n) is 9.38. The average molecular weight is 630 g/mol. The standard InChI is InChI=1S/C33H28ClN3O6S/c1-20(30(38)36-24-12-17-28(34)27(19-24)33(41)42)44-26-15-10-23(11-16-26)35-32(40)29(18-21-8-13-25(43-2)14-9-21)37-31(39)22-6-4-3-5-7-22/h3-20H,1-2H3,(H,35,40)(H,36,38)(H,37,39)(H,41,42)/b29-18-. The van der Waals surface area contributed by atoms with Gasteiger partial charge in [0.1, 0.15) is 11.4 Å². The van der Waals surface area contributed by atoms with Gasteiger partial charge in [0.2, 0.25) is 5.91 Å². The van der Waals surface area contributed by atoms with Gasteiger partial charge in [0, 0.05) is 21.8 Å². The largest absolute Gasteiger partial charge is 0.497 e. The number of carboxylic acid groups (broad SMARTS) is 1. The van der Waals surface area contributed by atoms with Gasteiger partial charge in [-0.3, -0.25) is 14.4 Å². The number of carboxylic acids is 1. The molecule has 4 N–H and O–H groups in total. The van der Waals surface area contributed by atoms with Gasteiger partial charge in [-0.1, -0.05) is 41.9 Å². The lowest BCUT2D eigenvalue weighted by Gasteiger charge is -2.14. The van der Waals surface area contributed by atoms with E-state index < -0.39 is 23.0 Å². The highest BCUT2D eigenvalue weighted by Crippen LogP contribution is 2.27. The Labute approximate surface area is 263 Å². The molecular weight excluding hydrogens is 602 g/mol. The van der Waals surface area contributed by atoms with Crippen molar-refractivity contribution in [2.75, 3.05) is 17.7 Å². The first kappa shape index (κ1) is 31.9. The quantitative estimate of drug-likeness (QED) is 0.109. The van der Waals surface area contributed by atoms with Gasteiger partial charge in [0.05, 0.1) is 22.9 Å². The third-order valence-electron chi connectivity index (χ3n) is 6.21. The van der Waals surface area contributed by atoms with Gasteiger partial charge in [-0.2, -0.15) is 0 Å². The number of aromatic carboxylic acids is 1. The number of ether oxygens (including phenoxy) is 1. The van der Waals surface area contributed by atoms with Gasteiger partial charge in [-0.15, -0.1) is 11.8 Å². The summed E-state index contributed by atoms with van der Waals surface area (Å²) in [6.45, 7) is 1.72. The van der Waals surface area contributed by atoms with Crippen LogP contribution < -0.4 is 20.7 Å². The summed E-state index contributed by atoms with van der Waals surface area (Å²) >= 11 is 7.19. The number of amides is 3. The number of carbonyl (C=O) groups excluding carboxylic acids is 3. The van der Waals surface area contributed by atoms with E-state index in [1.165, 1.54) is 30.0 Å². The summed E-state index contributed by atoms with van der Waals surface area (Å²) in [7, 11) is 1.56. The van der Waals surface area contributed by atoms with Crippen molar-refractivity contribution in [1.82, 2.24) is 5.32 Å². The third-order valence-corrected chi connectivity index (χ3v) is 7.66. The third kappa shape index (κ3) is 8.73. The van der Waals surface area contributed by atoms with Crippen molar-refractivity contribution in [2.45, 2.75) is 17.1 Å². The number of halogens is 1. The van der Waals surface area contributed by atoms with E-state index in [-0.39, 0.29) is 22.2 Å². The molecule has 9 nitrogen and oxygen atoms in total. The highest BCUT2D eigenvalue weighted by atomic mass is 35.5. The molecule has 0 aliphatic carbocycles. The topological polar surface area (TPSA) is 134 Å². The number of carbonyl (C=O) groups is 4. The summed E-state index contributed by atoms with van der Waals surface area (Å²) in [6, 6.07) is 26.7. The van der Waals surface area contributed by atoms with Crippen LogP contribution in [0.1, 0.15) is 33.2 Å². The molecule has 1 unspecified atom stereocenters. The minimum absolute atomic E-state index is 0.0426. The first-order valence-corrected chi connectivity index (χ1v) is 14.5. The monoisotopic (exact) mass is 629 g/mol. The summed E-state index contributed by atoms with van der Waals surface area (Å²) in [5.74, 6) is -1.82. The van der Waals surface area contributed by atoms with Gasteiger partial charge in [0.15, 0.2) is 0 Å². The van der Waals surface area contributed by atoms with Gasteiger partial charge in [-0.25, -0.2) is 4.79 Å². The second kappa shape index (κ2) is 14.9. The molecule has 0 fully saturated rings.